The van der Waals surface area contributed by atoms with Gasteiger partial charge in [0.1, 0.15) is 0 Å². The zero-order valence-corrected chi connectivity index (χ0v) is 14.4. The molecule has 0 bridgehead atoms. The average Bonchev–Trinajstić information content (AvgIpc) is 2.76. The first kappa shape index (κ1) is 16.3. The summed E-state index contributed by atoms with van der Waals surface area (Å²) in [6, 6.07) is 5.34. The lowest BCUT2D eigenvalue weighted by molar-refractivity contribution is 0.367. The van der Waals surface area contributed by atoms with Crippen molar-refractivity contribution in [2.75, 3.05) is 0 Å². The zero-order chi connectivity index (χ0) is 16.0. The molecule has 0 unspecified atom stereocenters. The van der Waals surface area contributed by atoms with Gasteiger partial charge in [0.2, 0.25) is 0 Å². The molecule has 0 radical (unpaired) electrons. The Hall–Kier alpha value is -1.11. The van der Waals surface area contributed by atoms with Crippen molar-refractivity contribution in [3.05, 3.63) is 28.8 Å². The summed E-state index contributed by atoms with van der Waals surface area (Å²) >= 11 is 6.02. The molecule has 0 aliphatic carbocycles. The zero-order valence-electron chi connectivity index (χ0n) is 12.1. The fraction of sp³-hybridized carbons (Fsp3) is 0.385. The maximum absolute atomic E-state index is 11.7. The fourth-order valence-corrected chi connectivity index (χ4v) is 3.14. The fourth-order valence-electron chi connectivity index (χ4n) is 2.00. The normalized spacial score (nSPS) is 12.7. The highest BCUT2D eigenvalue weighted by Crippen LogP contribution is 2.31. The Labute approximate surface area is 133 Å². The SMILES string of the molecule is Cc1cc(-c2nnc(S(=O)(=O)Cl)n2C(C)(C)C)ccc1Cl. The van der Waals surface area contributed by atoms with Crippen LogP contribution in [0.2, 0.25) is 5.02 Å². The third-order valence-electron chi connectivity index (χ3n) is 2.94. The summed E-state index contributed by atoms with van der Waals surface area (Å²) in [5.41, 5.74) is 1.04. The molecule has 1 aromatic heterocycles. The topological polar surface area (TPSA) is 64.8 Å². The quantitative estimate of drug-likeness (QED) is 0.778. The van der Waals surface area contributed by atoms with Gasteiger partial charge in [-0.3, -0.25) is 4.57 Å². The first-order valence-corrected chi connectivity index (χ1v) is 8.87. The number of rotatable bonds is 2. The molecule has 0 spiro atoms. The van der Waals surface area contributed by atoms with Crippen molar-refractivity contribution in [1.29, 1.82) is 0 Å². The van der Waals surface area contributed by atoms with E-state index in [9.17, 15) is 8.42 Å². The largest absolute Gasteiger partial charge is 0.296 e. The molecule has 0 aliphatic rings. The van der Waals surface area contributed by atoms with Crippen LogP contribution >= 0.6 is 22.3 Å². The molecule has 2 aromatic rings. The molecule has 0 aliphatic heterocycles. The highest BCUT2D eigenvalue weighted by molar-refractivity contribution is 8.13. The number of aryl methyl sites for hydroxylation is 1. The van der Waals surface area contributed by atoms with E-state index in [0.717, 1.165) is 11.1 Å². The monoisotopic (exact) mass is 347 g/mol. The van der Waals surface area contributed by atoms with Crippen LogP contribution in [0, 0.1) is 6.92 Å². The van der Waals surface area contributed by atoms with Gasteiger partial charge in [-0.05, 0) is 51.5 Å². The number of hydrogen-bond donors (Lipinski definition) is 0. The summed E-state index contributed by atoms with van der Waals surface area (Å²) in [5.74, 6) is 0.432. The van der Waals surface area contributed by atoms with E-state index in [4.69, 9.17) is 22.3 Å². The van der Waals surface area contributed by atoms with E-state index in [1.807, 2.05) is 33.8 Å². The molecule has 0 saturated heterocycles. The molecule has 0 saturated carbocycles. The molecule has 0 N–H and O–H groups in total. The van der Waals surface area contributed by atoms with Crippen molar-refractivity contribution < 1.29 is 8.42 Å². The highest BCUT2D eigenvalue weighted by Gasteiger charge is 2.30. The minimum Gasteiger partial charge on any atom is -0.291 e. The Morgan fingerprint density at radius 1 is 1.19 bits per heavy atom. The highest BCUT2D eigenvalue weighted by atomic mass is 35.7. The van der Waals surface area contributed by atoms with Crippen molar-refractivity contribution in [3.8, 4) is 11.4 Å². The minimum atomic E-state index is -3.99. The van der Waals surface area contributed by atoms with Gasteiger partial charge in [-0.2, -0.15) is 0 Å². The van der Waals surface area contributed by atoms with Crippen LogP contribution in [0.25, 0.3) is 11.4 Å². The lowest BCUT2D eigenvalue weighted by Gasteiger charge is -2.24. The summed E-state index contributed by atoms with van der Waals surface area (Å²) in [4.78, 5) is 0. The summed E-state index contributed by atoms with van der Waals surface area (Å²) in [6.45, 7) is 7.43. The lowest BCUT2D eigenvalue weighted by atomic mass is 10.1. The molecular formula is C13H15Cl2N3O2S. The Morgan fingerprint density at radius 2 is 1.81 bits per heavy atom. The smallest absolute Gasteiger partial charge is 0.291 e. The summed E-state index contributed by atoms with van der Waals surface area (Å²) in [7, 11) is 1.47. The minimum absolute atomic E-state index is 0.265. The van der Waals surface area contributed by atoms with Crippen LogP contribution in [-0.2, 0) is 14.6 Å². The van der Waals surface area contributed by atoms with Gasteiger partial charge in [-0.25, -0.2) is 8.42 Å². The van der Waals surface area contributed by atoms with Crippen molar-refractivity contribution in [3.63, 3.8) is 0 Å². The first-order chi connectivity index (χ1) is 9.51. The Balaban J connectivity index is 2.76. The van der Waals surface area contributed by atoms with Crippen LogP contribution in [0.5, 0.6) is 0 Å². The number of hydrogen-bond acceptors (Lipinski definition) is 4. The number of halogens is 2. The van der Waals surface area contributed by atoms with E-state index in [0.29, 0.717) is 10.8 Å². The molecule has 5 nitrogen and oxygen atoms in total. The molecule has 8 heteroatoms. The van der Waals surface area contributed by atoms with E-state index in [-0.39, 0.29) is 5.16 Å². The molecule has 0 amide bonds. The van der Waals surface area contributed by atoms with Crippen molar-refractivity contribution >= 4 is 31.3 Å². The van der Waals surface area contributed by atoms with E-state index in [2.05, 4.69) is 10.2 Å². The molecular weight excluding hydrogens is 333 g/mol. The Bertz CT molecular complexity index is 792. The molecule has 0 fully saturated rings. The second-order valence-electron chi connectivity index (χ2n) is 5.71. The van der Waals surface area contributed by atoms with Gasteiger partial charge in [0.15, 0.2) is 5.82 Å². The molecule has 1 heterocycles. The molecule has 0 atom stereocenters. The maximum Gasteiger partial charge on any atom is 0.296 e. The molecule has 1 aromatic carbocycles. The van der Waals surface area contributed by atoms with Gasteiger partial charge in [-0.1, -0.05) is 11.6 Å². The molecule has 21 heavy (non-hydrogen) atoms. The van der Waals surface area contributed by atoms with Crippen LogP contribution in [-0.4, -0.2) is 23.2 Å². The van der Waals surface area contributed by atoms with E-state index in [1.54, 1.807) is 12.1 Å². The third-order valence-corrected chi connectivity index (χ3v) is 4.48. The lowest BCUT2D eigenvalue weighted by Crippen LogP contribution is -2.25. The predicted octanol–water partition coefficient (Wildman–Crippen LogP) is 3.59. The van der Waals surface area contributed by atoms with Crippen LogP contribution < -0.4 is 0 Å². The van der Waals surface area contributed by atoms with Crippen molar-refractivity contribution in [2.24, 2.45) is 0 Å². The van der Waals surface area contributed by atoms with E-state index >= 15 is 0 Å². The van der Waals surface area contributed by atoms with Crippen molar-refractivity contribution in [2.45, 2.75) is 38.4 Å². The van der Waals surface area contributed by atoms with Gasteiger partial charge in [0.25, 0.3) is 14.2 Å². The average molecular weight is 348 g/mol. The molecule has 114 valence electrons. The molecule has 2 rings (SSSR count). The van der Waals surface area contributed by atoms with Gasteiger partial charge >= 0.3 is 0 Å². The summed E-state index contributed by atoms with van der Waals surface area (Å²) in [6.07, 6.45) is 0. The third kappa shape index (κ3) is 3.22. The summed E-state index contributed by atoms with van der Waals surface area (Å²) in [5, 5.41) is 8.10. The maximum atomic E-state index is 11.7. The predicted molar refractivity (Wildman–Crippen MR) is 83.2 cm³/mol. The number of benzene rings is 1. The van der Waals surface area contributed by atoms with E-state index in [1.165, 1.54) is 4.57 Å². The second-order valence-corrected chi connectivity index (χ2v) is 8.58. The van der Waals surface area contributed by atoms with Gasteiger partial charge < -0.3 is 0 Å². The van der Waals surface area contributed by atoms with Gasteiger partial charge in [-0.15, -0.1) is 10.2 Å². The van der Waals surface area contributed by atoms with Crippen molar-refractivity contribution in [1.82, 2.24) is 14.8 Å². The standard InChI is InChI=1S/C13H15Cl2N3O2S/c1-8-7-9(5-6-10(8)14)11-16-17-12(21(15,19)20)18(11)13(2,3)4/h5-7H,1-4H3. The van der Waals surface area contributed by atoms with E-state index < -0.39 is 14.6 Å². The van der Waals surface area contributed by atoms with Gasteiger partial charge in [0, 0.05) is 26.8 Å². The van der Waals surface area contributed by atoms with Gasteiger partial charge in [0.05, 0.1) is 0 Å². The van der Waals surface area contributed by atoms with Crippen LogP contribution in [0.1, 0.15) is 26.3 Å². The second kappa shape index (κ2) is 5.26. The Morgan fingerprint density at radius 3 is 2.29 bits per heavy atom. The number of nitrogens with zero attached hydrogens (tertiary/aromatic N) is 3. The number of aromatic nitrogens is 3. The van der Waals surface area contributed by atoms with Crippen LogP contribution in [0.3, 0.4) is 0 Å². The van der Waals surface area contributed by atoms with Crippen LogP contribution in [0.4, 0.5) is 0 Å². The first-order valence-electron chi connectivity index (χ1n) is 6.19. The summed E-state index contributed by atoms with van der Waals surface area (Å²) < 4.78 is 24.9. The Kier molecular flexibility index (Phi) is 4.08. The van der Waals surface area contributed by atoms with Crippen LogP contribution in [0.15, 0.2) is 23.4 Å².